The standard InChI is InChI=1S/C19H21N3O6S/c1-13-8-15(5-7-16(13)26-3)29(24,25)22(2)11-19(23)21-20-10-14-4-6-17-18(9-14)28-12-27-17/h4-10H,11-12H2,1-3H3,(H,21,23). The lowest BCUT2D eigenvalue weighted by atomic mass is 10.2. The molecule has 0 bridgehead atoms. The molecule has 1 amide bonds. The van der Waals surface area contributed by atoms with Crippen molar-refractivity contribution >= 4 is 22.1 Å². The highest BCUT2D eigenvalue weighted by molar-refractivity contribution is 7.89. The van der Waals surface area contributed by atoms with E-state index in [1.54, 1.807) is 31.2 Å². The first-order chi connectivity index (χ1) is 13.8. The number of carbonyl (C=O) groups is 1. The van der Waals surface area contributed by atoms with Crippen molar-refractivity contribution in [3.63, 3.8) is 0 Å². The number of hydrazone groups is 1. The zero-order valence-corrected chi connectivity index (χ0v) is 17.0. The first kappa shape index (κ1) is 20.6. The van der Waals surface area contributed by atoms with Crippen LogP contribution in [0.25, 0.3) is 0 Å². The molecule has 9 nitrogen and oxygen atoms in total. The number of fused-ring (bicyclic) bond motifs is 1. The number of sulfonamides is 1. The summed E-state index contributed by atoms with van der Waals surface area (Å²) in [6.45, 7) is 1.53. The Bertz CT molecular complexity index is 1050. The second-order valence-corrected chi connectivity index (χ2v) is 8.34. The predicted molar refractivity (Wildman–Crippen MR) is 106 cm³/mol. The molecule has 2 aromatic rings. The first-order valence-electron chi connectivity index (χ1n) is 8.64. The Hall–Kier alpha value is -3.11. The molecule has 1 aliphatic rings. The normalized spacial score (nSPS) is 13.1. The molecule has 0 unspecified atom stereocenters. The molecule has 0 aliphatic carbocycles. The van der Waals surface area contributed by atoms with E-state index >= 15 is 0 Å². The molecule has 0 atom stereocenters. The van der Waals surface area contributed by atoms with E-state index in [4.69, 9.17) is 14.2 Å². The van der Waals surface area contributed by atoms with Crippen LogP contribution in [0.2, 0.25) is 0 Å². The SMILES string of the molecule is COc1ccc(S(=O)(=O)N(C)CC(=O)NN=Cc2ccc3c(c2)OCO3)cc1C. The summed E-state index contributed by atoms with van der Waals surface area (Å²) in [5.74, 6) is 1.26. The maximum atomic E-state index is 12.7. The van der Waals surface area contributed by atoms with Gasteiger partial charge in [-0.1, -0.05) is 0 Å². The Labute approximate surface area is 168 Å². The van der Waals surface area contributed by atoms with Crippen LogP contribution in [-0.4, -0.2) is 52.3 Å². The Balaban J connectivity index is 1.60. The molecule has 0 radical (unpaired) electrons. The number of nitrogens with zero attached hydrogens (tertiary/aromatic N) is 2. The molecule has 0 saturated heterocycles. The monoisotopic (exact) mass is 419 g/mol. The van der Waals surface area contributed by atoms with Gasteiger partial charge in [-0.3, -0.25) is 4.79 Å². The number of ether oxygens (including phenoxy) is 3. The fourth-order valence-corrected chi connectivity index (χ4v) is 3.90. The molecule has 0 fully saturated rings. The Kier molecular flexibility index (Phi) is 6.04. The van der Waals surface area contributed by atoms with Crippen molar-refractivity contribution < 1.29 is 27.4 Å². The van der Waals surface area contributed by atoms with Gasteiger partial charge in [0.15, 0.2) is 11.5 Å². The summed E-state index contributed by atoms with van der Waals surface area (Å²) >= 11 is 0. The Morgan fingerprint density at radius 2 is 2.00 bits per heavy atom. The van der Waals surface area contributed by atoms with Gasteiger partial charge >= 0.3 is 0 Å². The molecule has 0 saturated carbocycles. The molecule has 2 aromatic carbocycles. The topological polar surface area (TPSA) is 107 Å². The van der Waals surface area contributed by atoms with Gasteiger partial charge in [0.25, 0.3) is 5.91 Å². The van der Waals surface area contributed by atoms with E-state index in [1.165, 1.54) is 32.5 Å². The van der Waals surface area contributed by atoms with E-state index in [1.807, 2.05) is 0 Å². The smallest absolute Gasteiger partial charge is 0.255 e. The molecular weight excluding hydrogens is 398 g/mol. The molecule has 3 rings (SSSR count). The molecule has 1 aliphatic heterocycles. The van der Waals surface area contributed by atoms with Crippen LogP contribution >= 0.6 is 0 Å². The lowest BCUT2D eigenvalue weighted by molar-refractivity contribution is -0.121. The van der Waals surface area contributed by atoms with Gasteiger partial charge in [0, 0.05) is 7.05 Å². The molecule has 154 valence electrons. The number of methoxy groups -OCH3 is 1. The van der Waals surface area contributed by atoms with Gasteiger partial charge < -0.3 is 14.2 Å². The van der Waals surface area contributed by atoms with Crippen molar-refractivity contribution in [2.45, 2.75) is 11.8 Å². The van der Waals surface area contributed by atoms with Gasteiger partial charge in [-0.15, -0.1) is 0 Å². The third kappa shape index (κ3) is 4.66. The van der Waals surface area contributed by atoms with Crippen molar-refractivity contribution in [3.8, 4) is 17.2 Å². The largest absolute Gasteiger partial charge is 0.496 e. The number of benzene rings is 2. The second kappa shape index (κ2) is 8.50. The average molecular weight is 419 g/mol. The fraction of sp³-hybridized carbons (Fsp3) is 0.263. The van der Waals surface area contributed by atoms with Crippen molar-refractivity contribution in [1.82, 2.24) is 9.73 Å². The highest BCUT2D eigenvalue weighted by Gasteiger charge is 2.23. The first-order valence-corrected chi connectivity index (χ1v) is 10.1. The number of likely N-dealkylation sites (N-methyl/N-ethyl adjacent to an activating group) is 1. The summed E-state index contributed by atoms with van der Waals surface area (Å²) in [6, 6.07) is 9.73. The van der Waals surface area contributed by atoms with Crippen molar-refractivity contribution in [2.75, 3.05) is 27.5 Å². The number of aryl methyl sites for hydroxylation is 1. The van der Waals surface area contributed by atoms with E-state index in [0.29, 0.717) is 28.4 Å². The van der Waals surface area contributed by atoms with Crippen molar-refractivity contribution in [3.05, 3.63) is 47.5 Å². The van der Waals surface area contributed by atoms with Gasteiger partial charge in [-0.25, -0.2) is 13.8 Å². The zero-order chi connectivity index (χ0) is 21.0. The summed E-state index contributed by atoms with van der Waals surface area (Å²) in [5.41, 5.74) is 3.69. The lowest BCUT2D eigenvalue weighted by Gasteiger charge is -2.17. The highest BCUT2D eigenvalue weighted by Crippen LogP contribution is 2.32. The maximum Gasteiger partial charge on any atom is 0.255 e. The van der Waals surface area contributed by atoms with Gasteiger partial charge in [0.1, 0.15) is 5.75 Å². The highest BCUT2D eigenvalue weighted by atomic mass is 32.2. The van der Waals surface area contributed by atoms with Crippen molar-refractivity contribution in [2.24, 2.45) is 5.10 Å². The van der Waals surface area contributed by atoms with Crippen LogP contribution in [0, 0.1) is 6.92 Å². The number of nitrogens with one attached hydrogen (secondary N) is 1. The van der Waals surface area contributed by atoms with E-state index in [9.17, 15) is 13.2 Å². The van der Waals surface area contributed by atoms with Gasteiger partial charge in [-0.2, -0.15) is 9.41 Å². The molecule has 29 heavy (non-hydrogen) atoms. The summed E-state index contributed by atoms with van der Waals surface area (Å²) in [5, 5.41) is 3.85. The minimum Gasteiger partial charge on any atom is -0.496 e. The van der Waals surface area contributed by atoms with E-state index in [0.717, 1.165) is 4.31 Å². The third-order valence-corrected chi connectivity index (χ3v) is 6.04. The van der Waals surface area contributed by atoms with Crippen LogP contribution in [0.15, 0.2) is 46.4 Å². The molecule has 1 heterocycles. The average Bonchev–Trinajstić information content (AvgIpc) is 3.15. The molecule has 0 spiro atoms. The Morgan fingerprint density at radius 1 is 1.24 bits per heavy atom. The molecule has 10 heteroatoms. The van der Waals surface area contributed by atoms with Gasteiger partial charge in [-0.05, 0) is 54.4 Å². The summed E-state index contributed by atoms with van der Waals surface area (Å²) in [6.07, 6.45) is 1.43. The Morgan fingerprint density at radius 3 is 2.72 bits per heavy atom. The third-order valence-electron chi connectivity index (χ3n) is 4.24. The minimum atomic E-state index is -3.83. The molecule has 1 N–H and O–H groups in total. The molecular formula is C19H21N3O6S. The number of rotatable bonds is 7. The van der Waals surface area contributed by atoms with Crippen LogP contribution in [0.5, 0.6) is 17.2 Å². The number of carbonyl (C=O) groups excluding carboxylic acids is 1. The molecule has 0 aromatic heterocycles. The van der Waals surface area contributed by atoms with Crippen LogP contribution in [-0.2, 0) is 14.8 Å². The van der Waals surface area contributed by atoms with Crippen LogP contribution < -0.4 is 19.6 Å². The zero-order valence-electron chi connectivity index (χ0n) is 16.2. The van der Waals surface area contributed by atoms with Crippen LogP contribution in [0.1, 0.15) is 11.1 Å². The minimum absolute atomic E-state index is 0.0787. The summed E-state index contributed by atoms with van der Waals surface area (Å²) in [7, 11) is -0.991. The number of hydrogen-bond donors (Lipinski definition) is 1. The van der Waals surface area contributed by atoms with Gasteiger partial charge in [0.05, 0.1) is 24.8 Å². The summed E-state index contributed by atoms with van der Waals surface area (Å²) in [4.78, 5) is 12.2. The maximum absolute atomic E-state index is 12.7. The van der Waals surface area contributed by atoms with E-state index in [2.05, 4.69) is 10.5 Å². The second-order valence-electron chi connectivity index (χ2n) is 6.30. The van der Waals surface area contributed by atoms with Crippen molar-refractivity contribution in [1.29, 1.82) is 0 Å². The van der Waals surface area contributed by atoms with Crippen LogP contribution in [0.3, 0.4) is 0 Å². The van der Waals surface area contributed by atoms with E-state index in [-0.39, 0.29) is 18.2 Å². The number of hydrogen-bond acceptors (Lipinski definition) is 7. The van der Waals surface area contributed by atoms with Crippen LogP contribution in [0.4, 0.5) is 0 Å². The number of amides is 1. The lowest BCUT2D eigenvalue weighted by Crippen LogP contribution is -2.36. The quantitative estimate of drug-likeness (QED) is 0.539. The van der Waals surface area contributed by atoms with Gasteiger partial charge in [0.2, 0.25) is 16.8 Å². The summed E-state index contributed by atoms with van der Waals surface area (Å²) < 4.78 is 41.9. The van der Waals surface area contributed by atoms with E-state index < -0.39 is 15.9 Å². The predicted octanol–water partition coefficient (Wildman–Crippen LogP) is 1.50. The fourth-order valence-electron chi connectivity index (χ4n) is 2.69.